The number of rotatable bonds is 1. The summed E-state index contributed by atoms with van der Waals surface area (Å²) in [4.78, 5) is 13.8. The summed E-state index contributed by atoms with van der Waals surface area (Å²) >= 11 is 0. The molecule has 4 heteroatoms. The van der Waals surface area contributed by atoms with Crippen LogP contribution >= 0.6 is 0 Å². The monoisotopic (exact) mass is 274 g/mol. The normalized spacial score (nSPS) is 24.8. The van der Waals surface area contributed by atoms with Crippen molar-refractivity contribution in [2.75, 3.05) is 20.1 Å². The van der Waals surface area contributed by atoms with Crippen molar-refractivity contribution in [1.29, 1.82) is 0 Å². The van der Waals surface area contributed by atoms with E-state index in [1.807, 2.05) is 18.2 Å². The highest BCUT2D eigenvalue weighted by molar-refractivity contribution is 5.73. The zero-order valence-electron chi connectivity index (χ0n) is 12.2. The molecule has 4 nitrogen and oxygen atoms in total. The van der Waals surface area contributed by atoms with Gasteiger partial charge in [0.25, 0.3) is 0 Å². The minimum Gasteiger partial charge on any atom is -0.487 e. The molecule has 2 heterocycles. The van der Waals surface area contributed by atoms with Crippen LogP contribution < -0.4 is 10.1 Å². The van der Waals surface area contributed by atoms with Crippen molar-refractivity contribution in [3.05, 3.63) is 29.8 Å². The Morgan fingerprint density at radius 1 is 1.35 bits per heavy atom. The highest BCUT2D eigenvalue weighted by Crippen LogP contribution is 2.43. The summed E-state index contributed by atoms with van der Waals surface area (Å²) in [5, 5.41) is 3.09. The Balaban J connectivity index is 1.89. The molecule has 1 N–H and O–H groups in total. The van der Waals surface area contributed by atoms with Crippen molar-refractivity contribution in [3.63, 3.8) is 0 Å². The molecule has 1 fully saturated rings. The molecule has 1 aromatic carbocycles. The summed E-state index contributed by atoms with van der Waals surface area (Å²) in [6, 6.07) is 8.14. The van der Waals surface area contributed by atoms with Crippen LogP contribution in [0.4, 0.5) is 0 Å². The molecule has 2 aliphatic heterocycles. The first-order valence-corrected chi connectivity index (χ1v) is 7.32. The van der Waals surface area contributed by atoms with E-state index in [0.717, 1.165) is 43.7 Å². The van der Waals surface area contributed by atoms with Gasteiger partial charge in [0.2, 0.25) is 5.91 Å². The average Bonchev–Trinajstić information content (AvgIpc) is 2.42. The summed E-state index contributed by atoms with van der Waals surface area (Å²) in [7, 11) is 2.15. The van der Waals surface area contributed by atoms with Gasteiger partial charge in [0.1, 0.15) is 11.4 Å². The maximum atomic E-state index is 11.5. The van der Waals surface area contributed by atoms with E-state index in [1.165, 1.54) is 0 Å². The van der Waals surface area contributed by atoms with Crippen LogP contribution in [0.25, 0.3) is 0 Å². The van der Waals surface area contributed by atoms with E-state index in [-0.39, 0.29) is 17.6 Å². The van der Waals surface area contributed by atoms with Crippen molar-refractivity contribution in [3.8, 4) is 5.75 Å². The highest BCUT2D eigenvalue weighted by atomic mass is 16.5. The third-order valence-corrected chi connectivity index (χ3v) is 4.47. The fraction of sp³-hybridized carbons (Fsp3) is 0.562. The van der Waals surface area contributed by atoms with Crippen molar-refractivity contribution in [2.24, 2.45) is 0 Å². The zero-order chi connectivity index (χ0) is 14.2. The van der Waals surface area contributed by atoms with E-state index >= 15 is 0 Å². The predicted molar refractivity (Wildman–Crippen MR) is 77.7 cm³/mol. The summed E-state index contributed by atoms with van der Waals surface area (Å²) in [6.07, 6.45) is 2.92. The lowest BCUT2D eigenvalue weighted by Gasteiger charge is -2.46. The fourth-order valence-corrected chi connectivity index (χ4v) is 3.32. The molecule has 0 aromatic heterocycles. The topological polar surface area (TPSA) is 41.6 Å². The van der Waals surface area contributed by atoms with Gasteiger partial charge in [0, 0.05) is 32.0 Å². The molecule has 0 radical (unpaired) electrons. The molecule has 1 unspecified atom stereocenters. The number of nitrogens with zero attached hydrogens (tertiary/aromatic N) is 1. The number of carbonyl (C=O) groups excluding carboxylic acids is 1. The van der Waals surface area contributed by atoms with Gasteiger partial charge >= 0.3 is 0 Å². The Morgan fingerprint density at radius 3 is 2.75 bits per heavy atom. The molecule has 1 aromatic rings. The number of hydrogen-bond acceptors (Lipinski definition) is 3. The van der Waals surface area contributed by atoms with Crippen molar-refractivity contribution in [1.82, 2.24) is 10.2 Å². The van der Waals surface area contributed by atoms with E-state index < -0.39 is 0 Å². The van der Waals surface area contributed by atoms with Gasteiger partial charge in [-0.2, -0.15) is 0 Å². The molecule has 1 spiro atoms. The van der Waals surface area contributed by atoms with E-state index in [1.54, 1.807) is 6.92 Å². The Kier molecular flexibility index (Phi) is 3.42. The Hall–Kier alpha value is -1.55. The molecule has 0 saturated carbocycles. The maximum Gasteiger partial charge on any atom is 0.217 e. The first kappa shape index (κ1) is 13.4. The third kappa shape index (κ3) is 2.52. The molecular weight excluding hydrogens is 252 g/mol. The summed E-state index contributed by atoms with van der Waals surface area (Å²) in [5.74, 6) is 0.955. The van der Waals surface area contributed by atoms with Crippen LogP contribution in [-0.4, -0.2) is 36.5 Å². The molecule has 1 amide bonds. The lowest BCUT2D eigenvalue weighted by Crippen LogP contribution is -2.51. The summed E-state index contributed by atoms with van der Waals surface area (Å²) < 4.78 is 6.34. The van der Waals surface area contributed by atoms with Gasteiger partial charge in [-0.25, -0.2) is 0 Å². The largest absolute Gasteiger partial charge is 0.487 e. The number of carbonyl (C=O) groups is 1. The number of ether oxygens (including phenoxy) is 1. The quantitative estimate of drug-likeness (QED) is 0.853. The fourth-order valence-electron chi connectivity index (χ4n) is 3.32. The third-order valence-electron chi connectivity index (χ3n) is 4.47. The number of benzene rings is 1. The predicted octanol–water partition coefficient (Wildman–Crippen LogP) is 2.11. The SMILES string of the molecule is CC(=O)NC1CC2(CCN(C)CC2)Oc2ccccc21. The van der Waals surface area contributed by atoms with Gasteiger partial charge in [-0.05, 0) is 26.0 Å². The van der Waals surface area contributed by atoms with Crippen LogP contribution in [0.1, 0.15) is 37.8 Å². The first-order valence-electron chi connectivity index (χ1n) is 7.32. The average molecular weight is 274 g/mol. The number of nitrogens with one attached hydrogen (secondary N) is 1. The van der Waals surface area contributed by atoms with Gasteiger partial charge < -0.3 is 15.0 Å². The van der Waals surface area contributed by atoms with Crippen LogP contribution in [0.5, 0.6) is 5.75 Å². The Morgan fingerprint density at radius 2 is 2.05 bits per heavy atom. The number of piperidine rings is 1. The van der Waals surface area contributed by atoms with Gasteiger partial charge in [0.15, 0.2) is 0 Å². The van der Waals surface area contributed by atoms with Gasteiger partial charge in [0.05, 0.1) is 6.04 Å². The number of fused-ring (bicyclic) bond motifs is 1. The second-order valence-corrected chi connectivity index (χ2v) is 6.08. The molecule has 2 aliphatic rings. The van der Waals surface area contributed by atoms with Gasteiger partial charge in [-0.1, -0.05) is 18.2 Å². The summed E-state index contributed by atoms with van der Waals surface area (Å²) in [5.41, 5.74) is 0.987. The number of para-hydroxylation sites is 1. The smallest absolute Gasteiger partial charge is 0.217 e. The second-order valence-electron chi connectivity index (χ2n) is 6.08. The zero-order valence-corrected chi connectivity index (χ0v) is 12.2. The first-order chi connectivity index (χ1) is 9.58. The van der Waals surface area contributed by atoms with Crippen LogP contribution in [0, 0.1) is 0 Å². The summed E-state index contributed by atoms with van der Waals surface area (Å²) in [6.45, 7) is 3.68. The minimum absolute atomic E-state index is 0.0229. The van der Waals surface area contributed by atoms with Crippen LogP contribution in [0.3, 0.4) is 0 Å². The van der Waals surface area contributed by atoms with Gasteiger partial charge in [-0.15, -0.1) is 0 Å². The molecule has 1 saturated heterocycles. The molecular formula is C16H22N2O2. The van der Waals surface area contributed by atoms with E-state index in [4.69, 9.17) is 4.74 Å². The highest BCUT2D eigenvalue weighted by Gasteiger charge is 2.42. The van der Waals surface area contributed by atoms with E-state index in [2.05, 4.69) is 23.3 Å². The van der Waals surface area contributed by atoms with Crippen molar-refractivity contribution < 1.29 is 9.53 Å². The van der Waals surface area contributed by atoms with Crippen molar-refractivity contribution >= 4 is 5.91 Å². The molecule has 20 heavy (non-hydrogen) atoms. The minimum atomic E-state index is -0.117. The lowest BCUT2D eigenvalue weighted by molar-refractivity contribution is -0.120. The number of likely N-dealkylation sites (tertiary alicyclic amines) is 1. The van der Waals surface area contributed by atoms with Gasteiger partial charge in [-0.3, -0.25) is 4.79 Å². The molecule has 3 rings (SSSR count). The molecule has 0 aliphatic carbocycles. The molecule has 1 atom stereocenters. The molecule has 108 valence electrons. The lowest BCUT2D eigenvalue weighted by atomic mass is 9.80. The molecule has 0 bridgehead atoms. The van der Waals surface area contributed by atoms with E-state index in [0.29, 0.717) is 0 Å². The number of hydrogen-bond donors (Lipinski definition) is 1. The van der Waals surface area contributed by atoms with Crippen LogP contribution in [0.15, 0.2) is 24.3 Å². The Bertz CT molecular complexity index is 507. The number of amides is 1. The van der Waals surface area contributed by atoms with E-state index in [9.17, 15) is 4.79 Å². The van der Waals surface area contributed by atoms with Crippen LogP contribution in [0.2, 0.25) is 0 Å². The second kappa shape index (κ2) is 5.09. The Labute approximate surface area is 120 Å². The standard InChI is InChI=1S/C16H22N2O2/c1-12(19)17-14-11-16(7-9-18(2)10-8-16)20-15-6-4-3-5-13(14)15/h3-6,14H,7-11H2,1-2H3,(H,17,19). The maximum absolute atomic E-state index is 11.5. The van der Waals surface area contributed by atoms with Crippen molar-refractivity contribution in [2.45, 2.75) is 37.8 Å². The van der Waals surface area contributed by atoms with Crippen LogP contribution in [-0.2, 0) is 4.79 Å².